The third-order valence-electron chi connectivity index (χ3n) is 11.5. The molecule has 0 aliphatic heterocycles. The number of aliphatic carboxylic acids is 1. The number of rotatable bonds is 20. The van der Waals surface area contributed by atoms with Crippen LogP contribution in [0.3, 0.4) is 0 Å². The normalized spacial score (nSPS) is 13.6. The number of hydrogen-bond acceptors (Lipinski definition) is 10. The van der Waals surface area contributed by atoms with Crippen molar-refractivity contribution in [2.75, 3.05) is 0 Å². The van der Waals surface area contributed by atoms with Crippen LogP contribution in [-0.2, 0) is 40.3 Å². The Morgan fingerprint density at radius 3 is 1.55 bits per heavy atom. The highest BCUT2D eigenvalue weighted by molar-refractivity contribution is 5.84. The molecule has 328 valence electrons. The Bertz CT molecular complexity index is 2780. The lowest BCUT2D eigenvalue weighted by Gasteiger charge is -2.36. The van der Waals surface area contributed by atoms with Crippen molar-refractivity contribution < 1.29 is 24.5 Å². The Hall–Kier alpha value is -7.58. The molecule has 8 aromatic rings. The summed E-state index contributed by atoms with van der Waals surface area (Å²) in [6.45, 7) is 2.03. The average Bonchev–Trinajstić information content (AvgIpc) is 4.06. The molecule has 4 unspecified atom stereocenters. The summed E-state index contributed by atoms with van der Waals surface area (Å²) in [7, 11) is 0. The van der Waals surface area contributed by atoms with Gasteiger partial charge in [-0.3, -0.25) is 0 Å². The maximum absolute atomic E-state index is 14.6. The average molecular weight is 867 g/mol. The number of nitrogens with one attached hydrogen (secondary N) is 2. The maximum atomic E-state index is 14.6. The molecule has 0 spiro atoms. The summed E-state index contributed by atoms with van der Waals surface area (Å²) in [5.41, 5.74) is 4.49. The van der Waals surface area contributed by atoms with Gasteiger partial charge in [-0.2, -0.15) is 10.2 Å². The van der Waals surface area contributed by atoms with Crippen LogP contribution in [0, 0.1) is 0 Å². The molecule has 0 saturated carbocycles. The highest BCUT2D eigenvalue weighted by Crippen LogP contribution is 2.26. The van der Waals surface area contributed by atoms with Gasteiger partial charge in [0.25, 0.3) is 0 Å². The zero-order chi connectivity index (χ0) is 45.0. The molecule has 4 aromatic heterocycles. The Morgan fingerprint density at radius 2 is 1.08 bits per heavy atom. The van der Waals surface area contributed by atoms with E-state index in [1.54, 1.807) is 34.7 Å². The summed E-state index contributed by atoms with van der Waals surface area (Å²) in [6, 6.07) is 47.9. The zero-order valence-electron chi connectivity index (χ0n) is 35.9. The van der Waals surface area contributed by atoms with E-state index in [0.717, 1.165) is 44.8 Å². The van der Waals surface area contributed by atoms with Gasteiger partial charge in [-0.1, -0.05) is 140 Å². The van der Waals surface area contributed by atoms with Crippen molar-refractivity contribution in [1.29, 1.82) is 0 Å². The van der Waals surface area contributed by atoms with Crippen molar-refractivity contribution in [1.82, 2.24) is 40.2 Å². The summed E-state index contributed by atoms with van der Waals surface area (Å²) in [5.74, 6) is -1.29. The van der Waals surface area contributed by atoms with Crippen LogP contribution < -0.4 is 10.6 Å². The molecule has 0 fully saturated rings. The summed E-state index contributed by atoms with van der Waals surface area (Å²) in [6.07, 6.45) is 5.68. The van der Waals surface area contributed by atoms with Gasteiger partial charge in [0.05, 0.1) is 23.5 Å². The SMILES string of the molecule is CCC(O)(C(=O)OC(C(=O)O)C(Cc1ccccc1)NCc1cccnc1-n1ccc(-c2ccccc2)n1)C(Cc1ccccc1)NCc1cccnc1-n1ccc(-c2ccccc2)n1. The van der Waals surface area contributed by atoms with E-state index in [1.807, 2.05) is 164 Å². The number of nitrogens with zero attached hydrogens (tertiary/aromatic N) is 6. The first-order valence-corrected chi connectivity index (χ1v) is 21.6. The lowest BCUT2D eigenvalue weighted by Crippen LogP contribution is -2.59. The van der Waals surface area contributed by atoms with Gasteiger partial charge in [0.15, 0.2) is 17.2 Å². The standard InChI is InChI=1S/C52H50N8O5/c1-2-52(64,46(34-38-19-9-4-10-20-38)56-36-42-26-16-30-54-49(42)60-32-28-44(58-60)40-23-13-6-14-24-40)51(63)65-47(50(61)62)45(33-37-17-7-3-8-18-37)55-35-41-25-15-29-53-48(41)59-31-27-43(57-59)39-21-11-5-12-22-39/h3-32,45-47,55-56,64H,2,33-36H2,1H3,(H,61,62). The van der Waals surface area contributed by atoms with E-state index >= 15 is 0 Å². The second-order valence-electron chi connectivity index (χ2n) is 15.7. The molecule has 0 amide bonds. The van der Waals surface area contributed by atoms with Gasteiger partial charge < -0.3 is 25.6 Å². The van der Waals surface area contributed by atoms with Gasteiger partial charge in [0, 0.05) is 60.1 Å². The van der Waals surface area contributed by atoms with Crippen LogP contribution in [-0.4, -0.2) is 75.5 Å². The van der Waals surface area contributed by atoms with E-state index in [9.17, 15) is 19.8 Å². The van der Waals surface area contributed by atoms with E-state index in [0.29, 0.717) is 11.6 Å². The molecule has 0 saturated heterocycles. The lowest BCUT2D eigenvalue weighted by molar-refractivity contribution is -0.184. The molecule has 0 aliphatic rings. The Kier molecular flexibility index (Phi) is 14.0. The van der Waals surface area contributed by atoms with Crippen LogP contribution in [0.1, 0.15) is 35.6 Å². The summed E-state index contributed by atoms with van der Waals surface area (Å²) in [5, 5.41) is 39.8. The monoisotopic (exact) mass is 866 g/mol. The molecule has 0 radical (unpaired) electrons. The number of carbonyl (C=O) groups excluding carboxylic acids is 1. The number of carbonyl (C=O) groups is 2. The van der Waals surface area contributed by atoms with Crippen LogP contribution in [0.2, 0.25) is 0 Å². The second kappa shape index (κ2) is 20.7. The Labute approximate surface area is 377 Å². The molecule has 4 heterocycles. The van der Waals surface area contributed by atoms with Gasteiger partial charge in [-0.25, -0.2) is 28.9 Å². The van der Waals surface area contributed by atoms with Gasteiger partial charge in [0.2, 0.25) is 6.10 Å². The Morgan fingerprint density at radius 1 is 0.615 bits per heavy atom. The van der Waals surface area contributed by atoms with Crippen molar-refractivity contribution >= 4 is 11.9 Å². The number of aliphatic hydroxyl groups is 1. The van der Waals surface area contributed by atoms with Crippen molar-refractivity contribution in [3.8, 4) is 34.2 Å². The van der Waals surface area contributed by atoms with E-state index in [2.05, 4.69) is 20.6 Å². The first kappa shape index (κ1) is 44.0. The molecule has 4 N–H and O–H groups in total. The molecule has 0 bridgehead atoms. The van der Waals surface area contributed by atoms with Crippen molar-refractivity contribution in [3.63, 3.8) is 0 Å². The molecule has 0 aliphatic carbocycles. The third-order valence-corrected chi connectivity index (χ3v) is 11.5. The van der Waals surface area contributed by atoms with Gasteiger partial charge in [-0.15, -0.1) is 0 Å². The predicted molar refractivity (Wildman–Crippen MR) is 248 cm³/mol. The molecule has 13 nitrogen and oxygen atoms in total. The van der Waals surface area contributed by atoms with Crippen LogP contribution in [0.15, 0.2) is 183 Å². The zero-order valence-corrected chi connectivity index (χ0v) is 35.9. The van der Waals surface area contributed by atoms with Crippen LogP contribution in [0.5, 0.6) is 0 Å². The second-order valence-corrected chi connectivity index (χ2v) is 15.7. The molecule has 4 atom stereocenters. The van der Waals surface area contributed by atoms with Gasteiger partial charge >= 0.3 is 11.9 Å². The predicted octanol–water partition coefficient (Wildman–Crippen LogP) is 7.42. The van der Waals surface area contributed by atoms with Crippen LogP contribution in [0.4, 0.5) is 0 Å². The molecular formula is C52H50N8O5. The third kappa shape index (κ3) is 10.6. The first-order chi connectivity index (χ1) is 31.8. The van der Waals surface area contributed by atoms with E-state index in [1.165, 1.54) is 0 Å². The summed E-state index contributed by atoms with van der Waals surface area (Å²) >= 11 is 0. The molecular weight excluding hydrogens is 817 g/mol. The largest absolute Gasteiger partial charge is 0.478 e. The highest BCUT2D eigenvalue weighted by atomic mass is 16.6. The number of carboxylic acid groups (broad SMARTS) is 1. The van der Waals surface area contributed by atoms with E-state index in [4.69, 9.17) is 14.9 Å². The van der Waals surface area contributed by atoms with Crippen molar-refractivity contribution in [3.05, 3.63) is 205 Å². The number of carboxylic acids is 1. The van der Waals surface area contributed by atoms with Crippen molar-refractivity contribution in [2.24, 2.45) is 0 Å². The molecule has 13 heteroatoms. The number of esters is 1. The topological polar surface area (TPSA) is 169 Å². The minimum atomic E-state index is -2.16. The fourth-order valence-corrected chi connectivity index (χ4v) is 7.90. The minimum absolute atomic E-state index is 0.0766. The maximum Gasteiger partial charge on any atom is 0.346 e. The Balaban J connectivity index is 1.05. The highest BCUT2D eigenvalue weighted by Gasteiger charge is 2.46. The van der Waals surface area contributed by atoms with Crippen LogP contribution in [0.25, 0.3) is 34.2 Å². The first-order valence-electron chi connectivity index (χ1n) is 21.6. The summed E-state index contributed by atoms with van der Waals surface area (Å²) in [4.78, 5) is 37.2. The van der Waals surface area contributed by atoms with E-state index in [-0.39, 0.29) is 32.4 Å². The number of ether oxygens (including phenoxy) is 1. The summed E-state index contributed by atoms with van der Waals surface area (Å²) < 4.78 is 9.41. The quantitative estimate of drug-likeness (QED) is 0.0563. The fourth-order valence-electron chi connectivity index (χ4n) is 7.90. The van der Waals surface area contributed by atoms with Gasteiger partial charge in [0.1, 0.15) is 0 Å². The number of pyridine rings is 2. The smallest absolute Gasteiger partial charge is 0.346 e. The molecule has 8 rings (SSSR count). The van der Waals surface area contributed by atoms with Crippen molar-refractivity contribution in [2.45, 2.75) is 63.1 Å². The molecule has 4 aromatic carbocycles. The lowest BCUT2D eigenvalue weighted by atomic mass is 9.86. The van der Waals surface area contributed by atoms with Gasteiger partial charge in [-0.05, 0) is 54.7 Å². The number of aromatic nitrogens is 6. The van der Waals surface area contributed by atoms with Crippen LogP contribution >= 0.6 is 0 Å². The minimum Gasteiger partial charge on any atom is -0.478 e. The molecule has 65 heavy (non-hydrogen) atoms. The van der Waals surface area contributed by atoms with E-state index < -0.39 is 35.7 Å². The number of hydrogen-bond donors (Lipinski definition) is 4. The fraction of sp³-hybridized carbons (Fsp3) is 0.192. The number of benzene rings is 4.